The van der Waals surface area contributed by atoms with Crippen molar-refractivity contribution in [3.63, 3.8) is 0 Å². The molecule has 5 nitrogen and oxygen atoms in total. The van der Waals surface area contributed by atoms with Gasteiger partial charge in [0.1, 0.15) is 18.0 Å². The summed E-state index contributed by atoms with van der Waals surface area (Å²) >= 11 is 0. The van der Waals surface area contributed by atoms with Crippen molar-refractivity contribution in [2.75, 3.05) is 11.1 Å². The molecular formula is C17H21N5. The van der Waals surface area contributed by atoms with E-state index in [1.165, 1.54) is 25.6 Å². The van der Waals surface area contributed by atoms with Crippen LogP contribution in [0.4, 0.5) is 11.6 Å². The van der Waals surface area contributed by atoms with Gasteiger partial charge < -0.3 is 11.1 Å². The van der Waals surface area contributed by atoms with E-state index >= 15 is 0 Å². The number of rotatable bonds is 4. The van der Waals surface area contributed by atoms with Crippen LogP contribution in [0.25, 0.3) is 0 Å². The first-order valence-corrected chi connectivity index (χ1v) is 7.77. The molecule has 0 aliphatic heterocycles. The molecule has 1 aromatic heterocycles. The van der Waals surface area contributed by atoms with E-state index in [0.717, 1.165) is 18.4 Å². The maximum atomic E-state index is 8.47. The van der Waals surface area contributed by atoms with E-state index in [9.17, 15) is 0 Å². The summed E-state index contributed by atoms with van der Waals surface area (Å²) in [5.74, 6) is 1.02. The Bertz CT molecular complexity index is 647. The molecule has 0 bridgehead atoms. The lowest BCUT2D eigenvalue weighted by Gasteiger charge is -2.24. The Hall–Kier alpha value is -2.43. The molecule has 0 spiro atoms. The molecule has 3 rings (SSSR count). The molecule has 1 fully saturated rings. The van der Waals surface area contributed by atoms with Crippen molar-refractivity contribution in [3.05, 3.63) is 47.8 Å². The summed E-state index contributed by atoms with van der Waals surface area (Å²) in [4.78, 5) is 8.40. The van der Waals surface area contributed by atoms with Gasteiger partial charge in [-0.3, -0.25) is 5.41 Å². The van der Waals surface area contributed by atoms with Crippen LogP contribution in [0.1, 0.15) is 43.2 Å². The molecule has 1 saturated carbocycles. The Morgan fingerprint density at radius 2 is 1.82 bits per heavy atom. The highest BCUT2D eigenvalue weighted by atomic mass is 15.1. The Balaban J connectivity index is 1.91. The summed E-state index contributed by atoms with van der Waals surface area (Å²) in [5, 5.41) is 11.9. The zero-order valence-electron chi connectivity index (χ0n) is 12.5. The second-order valence-electron chi connectivity index (χ2n) is 5.70. The van der Waals surface area contributed by atoms with Crippen LogP contribution in [0.15, 0.2) is 36.7 Å². The van der Waals surface area contributed by atoms with Gasteiger partial charge >= 0.3 is 0 Å². The summed E-state index contributed by atoms with van der Waals surface area (Å²) in [7, 11) is 0. The molecular weight excluding hydrogens is 274 g/mol. The van der Waals surface area contributed by atoms with Crippen LogP contribution in [0.5, 0.6) is 0 Å². The number of nitrogens with two attached hydrogens (primary N) is 1. The molecule has 0 unspecified atom stereocenters. The van der Waals surface area contributed by atoms with E-state index in [4.69, 9.17) is 11.1 Å². The van der Waals surface area contributed by atoms with Crippen LogP contribution >= 0.6 is 0 Å². The highest BCUT2D eigenvalue weighted by Crippen LogP contribution is 2.26. The molecule has 4 N–H and O–H groups in total. The maximum Gasteiger partial charge on any atom is 0.141 e. The van der Waals surface area contributed by atoms with Crippen LogP contribution in [0, 0.1) is 5.41 Å². The quantitative estimate of drug-likeness (QED) is 0.756. The first-order valence-electron chi connectivity index (χ1n) is 7.77. The molecule has 2 aromatic rings. The minimum atomic E-state index is 0.349. The van der Waals surface area contributed by atoms with Crippen molar-refractivity contribution in [1.29, 1.82) is 5.41 Å². The van der Waals surface area contributed by atoms with Crippen LogP contribution in [-0.4, -0.2) is 21.7 Å². The van der Waals surface area contributed by atoms with Crippen molar-refractivity contribution < 1.29 is 0 Å². The lowest BCUT2D eigenvalue weighted by molar-refractivity contribution is 0.462. The maximum absolute atomic E-state index is 8.47. The Morgan fingerprint density at radius 1 is 1.09 bits per heavy atom. The van der Waals surface area contributed by atoms with Gasteiger partial charge in [0.05, 0.1) is 11.3 Å². The highest BCUT2D eigenvalue weighted by molar-refractivity contribution is 6.16. The summed E-state index contributed by atoms with van der Waals surface area (Å²) in [6.45, 7) is 0. The zero-order valence-corrected chi connectivity index (χ0v) is 12.5. The number of aromatic nitrogens is 2. The monoisotopic (exact) mass is 295 g/mol. The predicted molar refractivity (Wildman–Crippen MR) is 89.3 cm³/mol. The molecule has 22 heavy (non-hydrogen) atoms. The molecule has 0 atom stereocenters. The highest BCUT2D eigenvalue weighted by Gasteiger charge is 2.20. The van der Waals surface area contributed by atoms with Gasteiger partial charge in [0.25, 0.3) is 0 Å². The van der Waals surface area contributed by atoms with Crippen molar-refractivity contribution in [2.24, 2.45) is 0 Å². The van der Waals surface area contributed by atoms with Gasteiger partial charge in [0.15, 0.2) is 0 Å². The molecule has 1 heterocycles. The normalized spacial score (nSPS) is 15.5. The molecule has 1 aliphatic rings. The molecule has 114 valence electrons. The van der Waals surface area contributed by atoms with Gasteiger partial charge in [-0.2, -0.15) is 0 Å². The average Bonchev–Trinajstić information content (AvgIpc) is 2.56. The number of nitrogens with one attached hydrogen (secondary N) is 2. The van der Waals surface area contributed by atoms with E-state index in [1.54, 1.807) is 0 Å². The van der Waals surface area contributed by atoms with Crippen molar-refractivity contribution in [3.8, 4) is 0 Å². The summed E-state index contributed by atoms with van der Waals surface area (Å²) in [6, 6.07) is 9.97. The lowest BCUT2D eigenvalue weighted by atomic mass is 9.95. The van der Waals surface area contributed by atoms with Gasteiger partial charge in [-0.1, -0.05) is 49.6 Å². The van der Waals surface area contributed by atoms with Crippen LogP contribution < -0.4 is 11.1 Å². The molecule has 1 aliphatic carbocycles. The van der Waals surface area contributed by atoms with Crippen molar-refractivity contribution in [1.82, 2.24) is 9.97 Å². The number of anilines is 2. The lowest BCUT2D eigenvalue weighted by Crippen LogP contribution is -2.25. The Labute approximate surface area is 130 Å². The van der Waals surface area contributed by atoms with Crippen molar-refractivity contribution >= 4 is 17.3 Å². The van der Waals surface area contributed by atoms with E-state index in [0.29, 0.717) is 29.0 Å². The minimum Gasteiger partial charge on any atom is -0.383 e. The van der Waals surface area contributed by atoms with E-state index in [2.05, 4.69) is 15.3 Å². The van der Waals surface area contributed by atoms with E-state index in [-0.39, 0.29) is 0 Å². The minimum absolute atomic E-state index is 0.349. The fraction of sp³-hybridized carbons (Fsp3) is 0.353. The third-order valence-electron chi connectivity index (χ3n) is 4.14. The summed E-state index contributed by atoms with van der Waals surface area (Å²) in [5.41, 5.74) is 7.80. The number of benzene rings is 1. The molecule has 5 heteroatoms. The van der Waals surface area contributed by atoms with Crippen molar-refractivity contribution in [2.45, 2.75) is 38.1 Å². The van der Waals surface area contributed by atoms with Gasteiger partial charge in [-0.25, -0.2) is 9.97 Å². The van der Waals surface area contributed by atoms with Gasteiger partial charge in [-0.15, -0.1) is 0 Å². The van der Waals surface area contributed by atoms with E-state index in [1.807, 2.05) is 30.3 Å². The number of nitrogens with zero attached hydrogens (tertiary/aromatic N) is 2. The van der Waals surface area contributed by atoms with E-state index < -0.39 is 0 Å². The second kappa shape index (κ2) is 6.56. The summed E-state index contributed by atoms with van der Waals surface area (Å²) in [6.07, 6.45) is 7.52. The smallest absolute Gasteiger partial charge is 0.141 e. The first kappa shape index (κ1) is 14.5. The molecule has 0 radical (unpaired) electrons. The molecule has 0 saturated heterocycles. The fourth-order valence-electron chi connectivity index (χ4n) is 2.94. The first-order chi connectivity index (χ1) is 10.8. The standard InChI is InChI=1S/C17H21N5/c18-15(12-7-3-1-4-8-12)14-16(19)20-11-21-17(14)22-13-9-5-2-6-10-13/h1,3-4,7-8,11,13,18H,2,5-6,9-10H2,(H3,19,20,21,22). The summed E-state index contributed by atoms with van der Waals surface area (Å²) < 4.78 is 0. The van der Waals surface area contributed by atoms with Crippen LogP contribution in [-0.2, 0) is 0 Å². The second-order valence-corrected chi connectivity index (χ2v) is 5.70. The topological polar surface area (TPSA) is 87.7 Å². The average molecular weight is 295 g/mol. The van der Waals surface area contributed by atoms with Crippen LogP contribution in [0.2, 0.25) is 0 Å². The number of hydrogen-bond donors (Lipinski definition) is 3. The zero-order chi connectivity index (χ0) is 15.4. The largest absolute Gasteiger partial charge is 0.383 e. The van der Waals surface area contributed by atoms with Gasteiger partial charge in [0, 0.05) is 11.6 Å². The van der Waals surface area contributed by atoms with Gasteiger partial charge in [0.2, 0.25) is 0 Å². The Kier molecular flexibility index (Phi) is 4.32. The SMILES string of the molecule is N=C(c1ccccc1)c1c(N)ncnc1NC1CCCCC1. The molecule has 0 amide bonds. The third-order valence-corrected chi connectivity index (χ3v) is 4.14. The van der Waals surface area contributed by atoms with Crippen LogP contribution in [0.3, 0.4) is 0 Å². The number of hydrogen-bond acceptors (Lipinski definition) is 5. The molecule has 1 aromatic carbocycles. The Morgan fingerprint density at radius 3 is 2.55 bits per heavy atom. The third kappa shape index (κ3) is 3.08. The predicted octanol–water partition coefficient (Wildman–Crippen LogP) is 3.22. The van der Waals surface area contributed by atoms with Gasteiger partial charge in [-0.05, 0) is 12.8 Å². The fourth-order valence-corrected chi connectivity index (χ4v) is 2.94. The number of nitrogen functional groups attached to an aromatic ring is 1.